The van der Waals surface area contributed by atoms with Gasteiger partial charge >= 0.3 is 5.69 Å². The quantitative estimate of drug-likeness (QED) is 0.853. The van der Waals surface area contributed by atoms with Crippen molar-refractivity contribution < 1.29 is 0 Å². The maximum atomic E-state index is 12.3. The fourth-order valence-electron chi connectivity index (χ4n) is 3.25. The lowest BCUT2D eigenvalue weighted by molar-refractivity contribution is 0.663. The first-order valence-electron chi connectivity index (χ1n) is 7.45. The maximum Gasteiger partial charge on any atom is 0.325 e. The van der Waals surface area contributed by atoms with E-state index in [4.69, 9.17) is 0 Å². The number of aromatic nitrogens is 4. The average molecular weight is 300 g/mol. The van der Waals surface area contributed by atoms with Gasteiger partial charge in [0.2, 0.25) is 0 Å². The zero-order valence-corrected chi connectivity index (χ0v) is 12.1. The van der Waals surface area contributed by atoms with Crippen LogP contribution in [-0.4, -0.2) is 19.7 Å². The zero-order valence-electron chi connectivity index (χ0n) is 12.1. The van der Waals surface area contributed by atoms with E-state index in [0.717, 1.165) is 17.9 Å². The van der Waals surface area contributed by atoms with E-state index in [1.54, 1.807) is 13.1 Å². The average Bonchev–Trinajstić information content (AvgIpc) is 3.34. The molecule has 114 valence electrons. The van der Waals surface area contributed by atoms with Crippen molar-refractivity contribution in [1.29, 1.82) is 0 Å². The fourth-order valence-corrected chi connectivity index (χ4v) is 3.25. The number of H-pyrrole nitrogens is 2. The summed E-state index contributed by atoms with van der Waals surface area (Å²) < 4.78 is 1.28. The smallest absolute Gasteiger partial charge is 0.313 e. The maximum absolute atomic E-state index is 12.3. The molecule has 0 radical (unpaired) electrons. The third-order valence-corrected chi connectivity index (χ3v) is 4.65. The molecule has 2 aromatic rings. The van der Waals surface area contributed by atoms with Crippen LogP contribution in [0.25, 0.3) is 11.3 Å². The van der Waals surface area contributed by atoms with E-state index in [1.165, 1.54) is 23.7 Å². The number of rotatable bonds is 3. The highest BCUT2D eigenvalue weighted by atomic mass is 16.2. The van der Waals surface area contributed by atoms with Gasteiger partial charge in [-0.25, -0.2) is 9.48 Å². The molecule has 2 heterocycles. The minimum Gasteiger partial charge on any atom is -0.313 e. The number of hydrogen-bond donors (Lipinski definition) is 2. The number of nitrogens with one attached hydrogen (secondary N) is 2. The van der Waals surface area contributed by atoms with Crippen LogP contribution in [0.4, 0.5) is 0 Å². The van der Waals surface area contributed by atoms with Crippen LogP contribution >= 0.6 is 0 Å². The molecule has 2 aliphatic carbocycles. The second-order valence-electron chi connectivity index (χ2n) is 6.24. The molecule has 0 aromatic carbocycles. The van der Waals surface area contributed by atoms with Crippen LogP contribution in [0.2, 0.25) is 0 Å². The molecule has 2 atom stereocenters. The normalized spacial score (nSPS) is 23.5. The standard InChI is InChI=1S/C15H16N4O3/c1-19-14(21)10(9-4-8(9)7-2-3-7)5-12(18-19)11-6-16-15(22)17-13(11)20/h5-9H,2-4H2,1H3,(H2,16,17,20,22)/t8-,9+/m0/s1. The second-order valence-corrected chi connectivity index (χ2v) is 6.24. The molecule has 7 nitrogen and oxygen atoms in total. The third-order valence-electron chi connectivity index (χ3n) is 4.65. The molecule has 0 aliphatic heterocycles. The Balaban J connectivity index is 1.80. The summed E-state index contributed by atoms with van der Waals surface area (Å²) in [5.74, 6) is 1.66. The summed E-state index contributed by atoms with van der Waals surface area (Å²) in [6.07, 6.45) is 4.91. The summed E-state index contributed by atoms with van der Waals surface area (Å²) in [5, 5.41) is 4.15. The largest absolute Gasteiger partial charge is 0.325 e. The predicted octanol–water partition coefficient (Wildman–Crippen LogP) is 0.337. The molecule has 0 amide bonds. The molecule has 2 fully saturated rings. The molecule has 0 saturated heterocycles. The lowest BCUT2D eigenvalue weighted by Gasteiger charge is -2.06. The van der Waals surface area contributed by atoms with Crippen molar-refractivity contribution in [3.05, 3.63) is 49.0 Å². The third kappa shape index (κ3) is 2.13. The predicted molar refractivity (Wildman–Crippen MR) is 79.7 cm³/mol. The van der Waals surface area contributed by atoms with Crippen molar-refractivity contribution in [1.82, 2.24) is 19.7 Å². The highest BCUT2D eigenvalue weighted by Crippen LogP contribution is 2.58. The van der Waals surface area contributed by atoms with Crippen LogP contribution in [0.5, 0.6) is 0 Å². The van der Waals surface area contributed by atoms with Gasteiger partial charge in [-0.05, 0) is 43.1 Å². The van der Waals surface area contributed by atoms with E-state index in [-0.39, 0.29) is 17.0 Å². The van der Waals surface area contributed by atoms with E-state index >= 15 is 0 Å². The molecule has 7 heteroatoms. The van der Waals surface area contributed by atoms with Gasteiger partial charge in [0, 0.05) is 18.8 Å². The van der Waals surface area contributed by atoms with Gasteiger partial charge in [0.15, 0.2) is 0 Å². The van der Waals surface area contributed by atoms with Crippen molar-refractivity contribution in [2.45, 2.75) is 25.2 Å². The Labute approximate surface area is 125 Å². The van der Waals surface area contributed by atoms with E-state index in [0.29, 0.717) is 11.6 Å². The van der Waals surface area contributed by atoms with Crippen molar-refractivity contribution in [3.63, 3.8) is 0 Å². The van der Waals surface area contributed by atoms with Gasteiger partial charge in [0.05, 0.1) is 11.3 Å². The van der Waals surface area contributed by atoms with Crippen molar-refractivity contribution in [2.75, 3.05) is 0 Å². The number of aryl methyl sites for hydroxylation is 1. The fraction of sp³-hybridized carbons (Fsp3) is 0.467. The number of nitrogens with zero attached hydrogens (tertiary/aromatic N) is 2. The minimum absolute atomic E-state index is 0.0993. The Morgan fingerprint density at radius 2 is 2.05 bits per heavy atom. The summed E-state index contributed by atoms with van der Waals surface area (Å²) in [6.45, 7) is 0. The Morgan fingerprint density at radius 3 is 2.73 bits per heavy atom. The van der Waals surface area contributed by atoms with Gasteiger partial charge in [0.25, 0.3) is 11.1 Å². The highest BCUT2D eigenvalue weighted by molar-refractivity contribution is 5.57. The van der Waals surface area contributed by atoms with E-state index in [2.05, 4.69) is 15.1 Å². The number of hydrogen-bond acceptors (Lipinski definition) is 4. The molecular formula is C15H16N4O3. The summed E-state index contributed by atoms with van der Waals surface area (Å²) in [5.41, 5.74) is 0.244. The second kappa shape index (κ2) is 4.53. The monoisotopic (exact) mass is 300 g/mol. The molecule has 2 N–H and O–H groups in total. The van der Waals surface area contributed by atoms with Crippen LogP contribution < -0.4 is 16.8 Å². The van der Waals surface area contributed by atoms with E-state index < -0.39 is 11.2 Å². The Bertz CT molecular complexity index is 919. The molecule has 2 saturated carbocycles. The first-order valence-corrected chi connectivity index (χ1v) is 7.45. The lowest BCUT2D eigenvalue weighted by atomic mass is 10.1. The zero-order chi connectivity index (χ0) is 15.4. The number of aromatic amines is 2. The van der Waals surface area contributed by atoms with E-state index in [9.17, 15) is 14.4 Å². The first-order chi connectivity index (χ1) is 10.5. The van der Waals surface area contributed by atoms with Gasteiger partial charge in [0.1, 0.15) is 0 Å². The molecular weight excluding hydrogens is 284 g/mol. The van der Waals surface area contributed by atoms with Gasteiger partial charge in [-0.1, -0.05) is 0 Å². The summed E-state index contributed by atoms with van der Waals surface area (Å²) in [4.78, 5) is 40.0. The van der Waals surface area contributed by atoms with Gasteiger partial charge in [-0.3, -0.25) is 14.6 Å². The molecule has 0 bridgehead atoms. The van der Waals surface area contributed by atoms with Crippen molar-refractivity contribution in [2.24, 2.45) is 18.9 Å². The van der Waals surface area contributed by atoms with Gasteiger partial charge in [-0.2, -0.15) is 5.10 Å². The first kappa shape index (κ1) is 13.2. The van der Waals surface area contributed by atoms with Crippen LogP contribution in [-0.2, 0) is 7.05 Å². The van der Waals surface area contributed by atoms with Crippen LogP contribution in [0.1, 0.15) is 30.7 Å². The summed E-state index contributed by atoms with van der Waals surface area (Å²) in [6, 6.07) is 1.71. The SMILES string of the molecule is Cn1nc(-c2c[nH]c(=O)[nH]c2=O)cc([C@@H]2C[C@H]2C2CC2)c1=O. The Morgan fingerprint density at radius 1 is 1.27 bits per heavy atom. The Kier molecular flexibility index (Phi) is 2.72. The topological polar surface area (TPSA) is 101 Å². The molecule has 0 unspecified atom stereocenters. The summed E-state index contributed by atoms with van der Waals surface area (Å²) in [7, 11) is 1.59. The van der Waals surface area contributed by atoms with Gasteiger partial charge < -0.3 is 4.98 Å². The Hall–Kier alpha value is -2.44. The summed E-state index contributed by atoms with van der Waals surface area (Å²) >= 11 is 0. The molecule has 2 aliphatic rings. The van der Waals surface area contributed by atoms with Crippen LogP contribution in [0, 0.1) is 11.8 Å². The molecule has 22 heavy (non-hydrogen) atoms. The highest BCUT2D eigenvalue weighted by Gasteiger charge is 2.49. The molecule has 2 aromatic heterocycles. The van der Waals surface area contributed by atoms with E-state index in [1.807, 2.05) is 0 Å². The lowest BCUT2D eigenvalue weighted by Crippen LogP contribution is -2.27. The van der Waals surface area contributed by atoms with Gasteiger partial charge in [-0.15, -0.1) is 0 Å². The van der Waals surface area contributed by atoms with Crippen molar-refractivity contribution in [3.8, 4) is 11.3 Å². The minimum atomic E-state index is -0.560. The molecule has 0 spiro atoms. The van der Waals surface area contributed by atoms with Crippen LogP contribution in [0.3, 0.4) is 0 Å². The molecule has 4 rings (SSSR count). The van der Waals surface area contributed by atoms with Crippen LogP contribution in [0.15, 0.2) is 26.6 Å². The van der Waals surface area contributed by atoms with Crippen molar-refractivity contribution >= 4 is 0 Å².